The normalized spacial score (nSPS) is 19.7. The summed E-state index contributed by atoms with van der Waals surface area (Å²) in [4.78, 5) is 14.8. The first kappa shape index (κ1) is 18.3. The molecular formula is C19H23ClN2O2. The van der Waals surface area contributed by atoms with Crippen LogP contribution in [-0.2, 0) is 0 Å². The summed E-state index contributed by atoms with van der Waals surface area (Å²) in [6.07, 6.45) is 0.962. The highest BCUT2D eigenvalue weighted by atomic mass is 35.5. The third-order valence-corrected chi connectivity index (χ3v) is 4.34. The Kier molecular flexibility index (Phi) is 6.23. The van der Waals surface area contributed by atoms with Gasteiger partial charge in [0.1, 0.15) is 11.5 Å². The van der Waals surface area contributed by atoms with Crippen molar-refractivity contribution in [3.05, 3.63) is 60.2 Å². The van der Waals surface area contributed by atoms with Crippen molar-refractivity contribution in [3.8, 4) is 11.5 Å². The Morgan fingerprint density at radius 1 is 1.17 bits per heavy atom. The summed E-state index contributed by atoms with van der Waals surface area (Å²) in [6.45, 7) is 3.42. The van der Waals surface area contributed by atoms with E-state index in [-0.39, 0.29) is 24.4 Å². The van der Waals surface area contributed by atoms with E-state index >= 15 is 0 Å². The van der Waals surface area contributed by atoms with Crippen molar-refractivity contribution in [2.75, 3.05) is 13.1 Å². The number of carbonyl (C=O) groups is 1. The average molecular weight is 347 g/mol. The van der Waals surface area contributed by atoms with Gasteiger partial charge in [-0.1, -0.05) is 30.3 Å². The minimum Gasteiger partial charge on any atom is -0.457 e. The van der Waals surface area contributed by atoms with Crippen molar-refractivity contribution in [3.63, 3.8) is 0 Å². The maximum Gasteiger partial charge on any atom is 0.257 e. The van der Waals surface area contributed by atoms with E-state index in [0.717, 1.165) is 18.7 Å². The SMILES string of the molecule is CC1CC(CN)CN1C(=O)c1ccccc1Oc1ccccc1.Cl. The molecule has 2 N–H and O–H groups in total. The number of hydrogen-bond acceptors (Lipinski definition) is 3. The molecule has 0 saturated carbocycles. The second-order valence-corrected chi connectivity index (χ2v) is 6.06. The van der Waals surface area contributed by atoms with Crippen LogP contribution in [0.3, 0.4) is 0 Å². The molecule has 128 valence electrons. The van der Waals surface area contributed by atoms with Crippen molar-refractivity contribution in [2.45, 2.75) is 19.4 Å². The zero-order valence-electron chi connectivity index (χ0n) is 13.7. The molecule has 3 rings (SSSR count). The largest absolute Gasteiger partial charge is 0.457 e. The van der Waals surface area contributed by atoms with Gasteiger partial charge in [0.05, 0.1) is 5.56 Å². The van der Waals surface area contributed by atoms with Gasteiger partial charge in [-0.25, -0.2) is 0 Å². The standard InChI is InChI=1S/C19H22N2O2.ClH/c1-14-11-15(12-20)13-21(14)19(22)17-9-5-6-10-18(17)23-16-7-3-2-4-8-16;/h2-10,14-15H,11-13,20H2,1H3;1H. The molecule has 0 radical (unpaired) electrons. The lowest BCUT2D eigenvalue weighted by Gasteiger charge is -2.22. The number of hydrogen-bond donors (Lipinski definition) is 1. The molecule has 0 aromatic heterocycles. The number of likely N-dealkylation sites (tertiary alicyclic amines) is 1. The molecule has 1 amide bonds. The number of nitrogens with zero attached hydrogens (tertiary/aromatic N) is 1. The molecule has 2 unspecified atom stereocenters. The summed E-state index contributed by atoms with van der Waals surface area (Å²) < 4.78 is 5.91. The van der Waals surface area contributed by atoms with Gasteiger partial charge < -0.3 is 15.4 Å². The fraction of sp³-hybridized carbons (Fsp3) is 0.316. The van der Waals surface area contributed by atoms with E-state index in [0.29, 0.717) is 23.8 Å². The molecular weight excluding hydrogens is 324 g/mol. The summed E-state index contributed by atoms with van der Waals surface area (Å²) in [6, 6.07) is 17.1. The lowest BCUT2D eigenvalue weighted by molar-refractivity contribution is 0.0741. The number of benzene rings is 2. The van der Waals surface area contributed by atoms with Crippen LogP contribution in [-0.4, -0.2) is 29.9 Å². The molecule has 0 bridgehead atoms. The van der Waals surface area contributed by atoms with Gasteiger partial charge in [0.2, 0.25) is 0 Å². The first-order valence-corrected chi connectivity index (χ1v) is 8.02. The third kappa shape index (κ3) is 3.89. The van der Waals surface area contributed by atoms with Crippen LogP contribution in [0.4, 0.5) is 0 Å². The molecule has 1 aliphatic heterocycles. The number of para-hydroxylation sites is 2. The van der Waals surface area contributed by atoms with Gasteiger partial charge in [-0.05, 0) is 50.1 Å². The second-order valence-electron chi connectivity index (χ2n) is 6.06. The quantitative estimate of drug-likeness (QED) is 0.918. The summed E-state index contributed by atoms with van der Waals surface area (Å²) in [5.74, 6) is 1.71. The summed E-state index contributed by atoms with van der Waals surface area (Å²) >= 11 is 0. The number of amides is 1. The van der Waals surface area contributed by atoms with E-state index in [1.165, 1.54) is 0 Å². The molecule has 1 fully saturated rings. The van der Waals surface area contributed by atoms with Crippen molar-refractivity contribution in [2.24, 2.45) is 11.7 Å². The summed E-state index contributed by atoms with van der Waals surface area (Å²) in [5.41, 5.74) is 6.36. The minimum absolute atomic E-state index is 0. The van der Waals surface area contributed by atoms with Crippen LogP contribution in [0.1, 0.15) is 23.7 Å². The lowest BCUT2D eigenvalue weighted by atomic mass is 10.1. The van der Waals surface area contributed by atoms with Crippen LogP contribution in [0, 0.1) is 5.92 Å². The zero-order chi connectivity index (χ0) is 16.2. The van der Waals surface area contributed by atoms with Crippen molar-refractivity contribution in [1.29, 1.82) is 0 Å². The minimum atomic E-state index is 0. The monoisotopic (exact) mass is 346 g/mol. The fourth-order valence-electron chi connectivity index (χ4n) is 3.10. The Bertz CT molecular complexity index is 678. The molecule has 4 nitrogen and oxygen atoms in total. The molecule has 1 heterocycles. The average Bonchev–Trinajstić information content (AvgIpc) is 2.97. The van der Waals surface area contributed by atoms with Gasteiger partial charge in [0.25, 0.3) is 5.91 Å². The Hall–Kier alpha value is -2.04. The lowest BCUT2D eigenvalue weighted by Crippen LogP contribution is -2.34. The Labute approximate surface area is 149 Å². The molecule has 1 saturated heterocycles. The summed E-state index contributed by atoms with van der Waals surface area (Å²) in [7, 11) is 0. The highest BCUT2D eigenvalue weighted by molar-refractivity contribution is 5.97. The number of carbonyl (C=O) groups excluding carboxylic acids is 1. The predicted octanol–water partition coefficient (Wildman–Crippen LogP) is 3.71. The molecule has 2 aromatic carbocycles. The van der Waals surface area contributed by atoms with Gasteiger partial charge >= 0.3 is 0 Å². The van der Waals surface area contributed by atoms with Crippen LogP contribution in [0.5, 0.6) is 11.5 Å². The molecule has 1 aliphatic rings. The highest BCUT2D eigenvalue weighted by Gasteiger charge is 2.33. The number of ether oxygens (including phenoxy) is 1. The molecule has 5 heteroatoms. The number of halogens is 1. The van der Waals surface area contributed by atoms with E-state index in [1.807, 2.05) is 59.5 Å². The van der Waals surface area contributed by atoms with E-state index in [2.05, 4.69) is 6.92 Å². The smallest absolute Gasteiger partial charge is 0.257 e. The van der Waals surface area contributed by atoms with Crippen LogP contribution in [0.15, 0.2) is 54.6 Å². The highest BCUT2D eigenvalue weighted by Crippen LogP contribution is 2.29. The first-order valence-electron chi connectivity index (χ1n) is 8.02. The Morgan fingerprint density at radius 2 is 1.83 bits per heavy atom. The van der Waals surface area contributed by atoms with Gasteiger partial charge in [0.15, 0.2) is 0 Å². The van der Waals surface area contributed by atoms with Gasteiger partial charge in [0, 0.05) is 12.6 Å². The van der Waals surface area contributed by atoms with Gasteiger partial charge in [-0.2, -0.15) is 0 Å². The maximum atomic E-state index is 12.9. The predicted molar refractivity (Wildman–Crippen MR) is 97.9 cm³/mol. The second kappa shape index (κ2) is 8.18. The van der Waals surface area contributed by atoms with Crippen molar-refractivity contribution < 1.29 is 9.53 Å². The van der Waals surface area contributed by atoms with Crippen LogP contribution in [0.2, 0.25) is 0 Å². The van der Waals surface area contributed by atoms with E-state index in [1.54, 1.807) is 0 Å². The summed E-state index contributed by atoms with van der Waals surface area (Å²) in [5, 5.41) is 0. The van der Waals surface area contributed by atoms with E-state index in [4.69, 9.17) is 10.5 Å². The number of nitrogens with two attached hydrogens (primary N) is 1. The van der Waals surface area contributed by atoms with Crippen molar-refractivity contribution >= 4 is 18.3 Å². The van der Waals surface area contributed by atoms with Gasteiger partial charge in [-0.15, -0.1) is 12.4 Å². The van der Waals surface area contributed by atoms with E-state index < -0.39 is 0 Å². The van der Waals surface area contributed by atoms with Crippen LogP contribution in [0.25, 0.3) is 0 Å². The first-order chi connectivity index (χ1) is 11.2. The van der Waals surface area contributed by atoms with Gasteiger partial charge in [-0.3, -0.25) is 4.79 Å². The molecule has 2 aromatic rings. The third-order valence-electron chi connectivity index (χ3n) is 4.34. The molecule has 0 aliphatic carbocycles. The van der Waals surface area contributed by atoms with Crippen molar-refractivity contribution in [1.82, 2.24) is 4.90 Å². The van der Waals surface area contributed by atoms with Crippen LogP contribution < -0.4 is 10.5 Å². The zero-order valence-corrected chi connectivity index (χ0v) is 14.5. The molecule has 2 atom stereocenters. The number of rotatable bonds is 4. The Balaban J connectivity index is 0.00000208. The van der Waals surface area contributed by atoms with Crippen LogP contribution >= 0.6 is 12.4 Å². The molecule has 24 heavy (non-hydrogen) atoms. The Morgan fingerprint density at radius 3 is 2.50 bits per heavy atom. The fourth-order valence-corrected chi connectivity index (χ4v) is 3.10. The topological polar surface area (TPSA) is 55.6 Å². The van der Waals surface area contributed by atoms with E-state index in [9.17, 15) is 4.79 Å². The molecule has 0 spiro atoms. The maximum absolute atomic E-state index is 12.9.